The quantitative estimate of drug-likeness (QED) is 0.821. The zero-order chi connectivity index (χ0) is 11.4. The van der Waals surface area contributed by atoms with Crippen LogP contribution in [-0.4, -0.2) is 17.3 Å². The van der Waals surface area contributed by atoms with E-state index >= 15 is 0 Å². The summed E-state index contributed by atoms with van der Waals surface area (Å²) in [5.74, 6) is 1.41. The maximum absolute atomic E-state index is 5.52. The molecule has 5 heteroatoms. The summed E-state index contributed by atoms with van der Waals surface area (Å²) in [6.07, 6.45) is 1.52. The molecular weight excluding hydrogens is 228 g/mol. The third-order valence-corrected chi connectivity index (χ3v) is 2.38. The fourth-order valence-electron chi connectivity index (χ4n) is 1.38. The molecule has 0 amide bonds. The average molecular weight is 239 g/mol. The number of nitrogens with zero attached hydrogens (tertiary/aromatic N) is 2. The Balaban J connectivity index is 1.94. The topological polar surface area (TPSA) is 48.2 Å². The van der Waals surface area contributed by atoms with Gasteiger partial charge in [0.1, 0.15) is 5.75 Å². The monoisotopic (exact) mass is 238 g/mol. The molecule has 1 aromatic heterocycles. The molecule has 0 aliphatic rings. The van der Waals surface area contributed by atoms with Crippen molar-refractivity contribution in [3.8, 4) is 5.75 Å². The molecule has 1 heterocycles. The minimum absolute atomic E-state index is 0.0877. The van der Waals surface area contributed by atoms with E-state index in [2.05, 4.69) is 10.2 Å². The maximum atomic E-state index is 5.52. The van der Waals surface area contributed by atoms with Crippen LogP contribution in [0.4, 0.5) is 0 Å². The molecule has 2 aromatic rings. The van der Waals surface area contributed by atoms with Gasteiger partial charge in [0.15, 0.2) is 0 Å². The van der Waals surface area contributed by atoms with Crippen molar-refractivity contribution in [2.45, 2.75) is 12.8 Å². The van der Waals surface area contributed by atoms with Gasteiger partial charge in [0.2, 0.25) is 5.89 Å². The highest BCUT2D eigenvalue weighted by Gasteiger charge is 2.03. The van der Waals surface area contributed by atoms with Gasteiger partial charge in [-0.25, -0.2) is 0 Å². The van der Waals surface area contributed by atoms with Crippen molar-refractivity contribution in [3.05, 3.63) is 41.1 Å². The molecule has 0 bridgehead atoms. The van der Waals surface area contributed by atoms with E-state index in [1.54, 1.807) is 7.11 Å². The second kappa shape index (κ2) is 4.99. The Morgan fingerprint density at radius 1 is 1.19 bits per heavy atom. The minimum atomic E-state index is 0.0877. The van der Waals surface area contributed by atoms with Crippen LogP contribution in [0.2, 0.25) is 5.35 Å². The number of methoxy groups -OCH3 is 1. The summed E-state index contributed by atoms with van der Waals surface area (Å²) in [6, 6.07) is 7.87. The number of halogens is 1. The number of hydrogen-bond acceptors (Lipinski definition) is 4. The standard InChI is InChI=1S/C11H11ClN2O2/c1-15-9-5-2-8(3-6-9)4-7-10-13-14-11(12)16-10/h2-3,5-6H,4,7H2,1H3. The molecule has 0 unspecified atom stereocenters. The van der Waals surface area contributed by atoms with E-state index in [1.807, 2.05) is 24.3 Å². The number of hydrogen-bond donors (Lipinski definition) is 0. The van der Waals surface area contributed by atoms with Gasteiger partial charge < -0.3 is 9.15 Å². The predicted molar refractivity (Wildman–Crippen MR) is 59.7 cm³/mol. The summed E-state index contributed by atoms with van der Waals surface area (Å²) < 4.78 is 10.1. The van der Waals surface area contributed by atoms with Crippen LogP contribution in [-0.2, 0) is 12.8 Å². The first-order valence-corrected chi connectivity index (χ1v) is 5.26. The molecule has 0 fully saturated rings. The van der Waals surface area contributed by atoms with Gasteiger partial charge in [-0.05, 0) is 35.7 Å². The molecule has 2 rings (SSSR count). The Morgan fingerprint density at radius 2 is 1.94 bits per heavy atom. The van der Waals surface area contributed by atoms with Crippen molar-refractivity contribution in [2.24, 2.45) is 0 Å². The fraction of sp³-hybridized carbons (Fsp3) is 0.273. The van der Waals surface area contributed by atoms with Gasteiger partial charge in [-0.2, -0.15) is 0 Å². The van der Waals surface area contributed by atoms with Crippen molar-refractivity contribution >= 4 is 11.6 Å². The van der Waals surface area contributed by atoms with Crippen molar-refractivity contribution in [1.82, 2.24) is 10.2 Å². The zero-order valence-electron chi connectivity index (χ0n) is 8.81. The smallest absolute Gasteiger partial charge is 0.312 e. The molecule has 16 heavy (non-hydrogen) atoms. The molecule has 0 aliphatic heterocycles. The number of aromatic nitrogens is 2. The number of aryl methyl sites for hydroxylation is 2. The van der Waals surface area contributed by atoms with Crippen molar-refractivity contribution in [1.29, 1.82) is 0 Å². The lowest BCUT2D eigenvalue weighted by molar-refractivity contribution is 0.414. The summed E-state index contributed by atoms with van der Waals surface area (Å²) in [6.45, 7) is 0. The lowest BCUT2D eigenvalue weighted by Gasteiger charge is -2.01. The maximum Gasteiger partial charge on any atom is 0.312 e. The van der Waals surface area contributed by atoms with Gasteiger partial charge in [0.25, 0.3) is 0 Å². The minimum Gasteiger partial charge on any atom is -0.497 e. The molecule has 0 saturated heterocycles. The van der Waals surface area contributed by atoms with Crippen LogP contribution in [0.3, 0.4) is 0 Å². The molecular formula is C11H11ClN2O2. The Morgan fingerprint density at radius 3 is 2.50 bits per heavy atom. The van der Waals surface area contributed by atoms with E-state index in [0.29, 0.717) is 12.3 Å². The van der Waals surface area contributed by atoms with Gasteiger partial charge in [-0.3, -0.25) is 0 Å². The van der Waals surface area contributed by atoms with Gasteiger partial charge in [-0.1, -0.05) is 17.2 Å². The molecule has 0 radical (unpaired) electrons. The van der Waals surface area contributed by atoms with Crippen molar-refractivity contribution in [2.75, 3.05) is 7.11 Å². The SMILES string of the molecule is COc1ccc(CCc2nnc(Cl)o2)cc1. The summed E-state index contributed by atoms with van der Waals surface area (Å²) in [5, 5.41) is 7.46. The molecule has 0 N–H and O–H groups in total. The molecule has 1 aromatic carbocycles. The summed E-state index contributed by atoms with van der Waals surface area (Å²) >= 11 is 5.52. The average Bonchev–Trinajstić information content (AvgIpc) is 2.73. The Labute approximate surface area is 98.2 Å². The van der Waals surface area contributed by atoms with Crippen molar-refractivity contribution < 1.29 is 9.15 Å². The van der Waals surface area contributed by atoms with Crippen LogP contribution in [0.1, 0.15) is 11.5 Å². The lowest BCUT2D eigenvalue weighted by atomic mass is 10.1. The van der Waals surface area contributed by atoms with E-state index in [-0.39, 0.29) is 5.35 Å². The summed E-state index contributed by atoms with van der Waals surface area (Å²) in [5.41, 5.74) is 1.19. The third kappa shape index (κ3) is 2.73. The molecule has 0 atom stereocenters. The Bertz CT molecular complexity index is 453. The second-order valence-electron chi connectivity index (χ2n) is 3.30. The van der Waals surface area contributed by atoms with Crippen LogP contribution in [0, 0.1) is 0 Å². The van der Waals surface area contributed by atoms with Gasteiger partial charge in [0, 0.05) is 6.42 Å². The van der Waals surface area contributed by atoms with Crippen LogP contribution in [0.25, 0.3) is 0 Å². The first kappa shape index (κ1) is 11.0. The first-order chi connectivity index (χ1) is 7.78. The fourth-order valence-corrected chi connectivity index (χ4v) is 1.50. The second-order valence-corrected chi connectivity index (χ2v) is 3.62. The first-order valence-electron chi connectivity index (χ1n) is 4.89. The molecule has 4 nitrogen and oxygen atoms in total. The number of benzene rings is 1. The summed E-state index contributed by atoms with van der Waals surface area (Å²) in [7, 11) is 1.65. The summed E-state index contributed by atoms with van der Waals surface area (Å²) in [4.78, 5) is 0. The van der Waals surface area contributed by atoms with E-state index in [9.17, 15) is 0 Å². The molecule has 0 saturated carbocycles. The van der Waals surface area contributed by atoms with Gasteiger partial charge in [-0.15, -0.1) is 5.10 Å². The number of ether oxygens (including phenoxy) is 1. The van der Waals surface area contributed by atoms with Crippen LogP contribution in [0.5, 0.6) is 5.75 Å². The van der Waals surface area contributed by atoms with E-state index < -0.39 is 0 Å². The number of rotatable bonds is 4. The Kier molecular flexibility index (Phi) is 3.41. The van der Waals surface area contributed by atoms with Gasteiger partial charge in [0.05, 0.1) is 7.11 Å². The molecule has 0 aliphatic carbocycles. The molecule has 0 spiro atoms. The van der Waals surface area contributed by atoms with Crippen molar-refractivity contribution in [3.63, 3.8) is 0 Å². The van der Waals surface area contributed by atoms with Crippen LogP contribution >= 0.6 is 11.6 Å². The lowest BCUT2D eigenvalue weighted by Crippen LogP contribution is -1.92. The van der Waals surface area contributed by atoms with Crippen LogP contribution < -0.4 is 4.74 Å². The van der Waals surface area contributed by atoms with Crippen LogP contribution in [0.15, 0.2) is 28.7 Å². The highest BCUT2D eigenvalue weighted by molar-refractivity contribution is 6.27. The normalized spacial score (nSPS) is 10.4. The third-order valence-electron chi connectivity index (χ3n) is 2.23. The molecule has 84 valence electrons. The van der Waals surface area contributed by atoms with Gasteiger partial charge >= 0.3 is 5.35 Å². The van der Waals surface area contributed by atoms with E-state index in [4.69, 9.17) is 20.8 Å². The zero-order valence-corrected chi connectivity index (χ0v) is 9.57. The van der Waals surface area contributed by atoms with E-state index in [1.165, 1.54) is 5.56 Å². The highest BCUT2D eigenvalue weighted by Crippen LogP contribution is 2.13. The Hall–Kier alpha value is -1.55. The van der Waals surface area contributed by atoms with E-state index in [0.717, 1.165) is 12.2 Å². The highest BCUT2D eigenvalue weighted by atomic mass is 35.5. The predicted octanol–water partition coefficient (Wildman–Crippen LogP) is 2.52. The largest absolute Gasteiger partial charge is 0.497 e.